The van der Waals surface area contributed by atoms with Gasteiger partial charge < -0.3 is 36.0 Å². The number of carbonyl (C=O) groups excluding carboxylic acids is 1. The molecule has 0 spiro atoms. The second kappa shape index (κ2) is 8.19. The van der Waals surface area contributed by atoms with E-state index in [0.717, 1.165) is 22.9 Å². The lowest BCUT2D eigenvalue weighted by molar-refractivity contribution is -0.956. The molecule has 0 aromatic heterocycles. The van der Waals surface area contributed by atoms with Crippen LogP contribution in [-0.4, -0.2) is 66.2 Å². The van der Waals surface area contributed by atoms with E-state index < -0.39 is 5.92 Å². The minimum atomic E-state index is -0.595. The summed E-state index contributed by atoms with van der Waals surface area (Å²) in [6.45, 7) is 3.20. The van der Waals surface area contributed by atoms with E-state index in [-0.39, 0.29) is 35.7 Å². The SMILES string of the molecule is CCCC[N+]1(C)[C@@H]2CC(OC(=O)[C@@H](CO)c3ccccc3)C[C@H]1[C@@H]1O[C@@H]12.[Br-]. The third kappa shape index (κ3) is 3.69. The topological polar surface area (TPSA) is 59.1 Å². The molecule has 7 atom stereocenters. The average molecular weight is 440 g/mol. The number of aliphatic hydroxyl groups excluding tert-OH is 1. The quantitative estimate of drug-likeness (QED) is 0.344. The molecule has 4 rings (SSSR count). The van der Waals surface area contributed by atoms with Crippen molar-refractivity contribution in [3.8, 4) is 0 Å². The summed E-state index contributed by atoms with van der Waals surface area (Å²) < 4.78 is 12.9. The normalized spacial score (nSPS) is 37.1. The Kier molecular flexibility index (Phi) is 6.31. The fraction of sp³-hybridized carbons (Fsp3) is 0.667. The number of ether oxygens (including phenoxy) is 2. The maximum Gasteiger partial charge on any atom is 0.316 e. The molecule has 6 heteroatoms. The van der Waals surface area contributed by atoms with Gasteiger partial charge in [0.05, 0.1) is 20.2 Å². The fourth-order valence-electron chi connectivity index (χ4n) is 5.23. The number of esters is 1. The number of carbonyl (C=O) groups is 1. The summed E-state index contributed by atoms with van der Waals surface area (Å²) in [7, 11) is 2.36. The lowest BCUT2D eigenvalue weighted by Crippen LogP contribution is -3.00. The number of hydrogen-bond donors (Lipinski definition) is 1. The summed E-state index contributed by atoms with van der Waals surface area (Å²) >= 11 is 0. The first kappa shape index (κ1) is 20.8. The smallest absolute Gasteiger partial charge is 0.316 e. The van der Waals surface area contributed by atoms with Crippen molar-refractivity contribution in [2.45, 2.75) is 68.9 Å². The molecule has 27 heavy (non-hydrogen) atoms. The zero-order valence-corrected chi connectivity index (χ0v) is 17.7. The van der Waals surface area contributed by atoms with Crippen LogP contribution >= 0.6 is 0 Å². The Morgan fingerprint density at radius 3 is 2.44 bits per heavy atom. The highest BCUT2D eigenvalue weighted by molar-refractivity contribution is 5.78. The van der Waals surface area contributed by atoms with Crippen molar-refractivity contribution in [2.75, 3.05) is 20.2 Å². The molecule has 1 aromatic rings. The monoisotopic (exact) mass is 439 g/mol. The molecule has 3 aliphatic rings. The molecule has 0 saturated carbocycles. The number of hydrogen-bond acceptors (Lipinski definition) is 4. The number of rotatable bonds is 7. The Hall–Kier alpha value is -0.950. The number of halogens is 1. The van der Waals surface area contributed by atoms with Crippen LogP contribution in [0.15, 0.2) is 30.3 Å². The molecular formula is C21H30BrNO4. The molecule has 2 bridgehead atoms. The minimum Gasteiger partial charge on any atom is -1.00 e. The summed E-state index contributed by atoms with van der Waals surface area (Å²) in [6, 6.07) is 10.3. The van der Waals surface area contributed by atoms with Gasteiger partial charge in [0.2, 0.25) is 0 Å². The Bertz CT molecular complexity index is 637. The van der Waals surface area contributed by atoms with Crippen LogP contribution in [0.4, 0.5) is 0 Å². The Labute approximate surface area is 172 Å². The molecule has 0 radical (unpaired) electrons. The molecule has 0 amide bonds. The first-order valence-corrected chi connectivity index (χ1v) is 9.95. The van der Waals surface area contributed by atoms with Gasteiger partial charge in [-0.25, -0.2) is 0 Å². The second-order valence-electron chi connectivity index (χ2n) is 8.30. The molecular weight excluding hydrogens is 410 g/mol. The highest BCUT2D eigenvalue weighted by Crippen LogP contribution is 2.52. The van der Waals surface area contributed by atoms with E-state index in [1.54, 1.807) is 0 Å². The van der Waals surface area contributed by atoms with E-state index >= 15 is 0 Å². The van der Waals surface area contributed by atoms with E-state index in [2.05, 4.69) is 14.0 Å². The van der Waals surface area contributed by atoms with Crippen LogP contribution in [0.1, 0.15) is 44.1 Å². The molecule has 5 nitrogen and oxygen atoms in total. The fourth-order valence-corrected chi connectivity index (χ4v) is 5.23. The minimum absolute atomic E-state index is 0. The number of morpholine rings is 1. The number of benzene rings is 1. The highest BCUT2D eigenvalue weighted by Gasteiger charge is 2.71. The summed E-state index contributed by atoms with van der Waals surface area (Å²) in [5.41, 5.74) is 0.813. The third-order valence-corrected chi connectivity index (χ3v) is 6.79. The number of fused-ring (bicyclic) bond motifs is 5. The number of piperidine rings is 1. The van der Waals surface area contributed by atoms with Gasteiger partial charge in [-0.2, -0.15) is 0 Å². The first-order valence-electron chi connectivity index (χ1n) is 9.95. The Morgan fingerprint density at radius 2 is 1.89 bits per heavy atom. The van der Waals surface area contributed by atoms with Crippen molar-refractivity contribution in [1.82, 2.24) is 0 Å². The van der Waals surface area contributed by atoms with Crippen LogP contribution in [-0.2, 0) is 14.3 Å². The summed E-state index contributed by atoms with van der Waals surface area (Å²) in [6.07, 6.45) is 4.83. The highest BCUT2D eigenvalue weighted by atomic mass is 79.9. The number of epoxide rings is 1. The number of likely N-dealkylation sites (N-methyl/N-ethyl adjacent to an activating group) is 1. The van der Waals surface area contributed by atoms with Crippen LogP contribution in [0.25, 0.3) is 0 Å². The lowest BCUT2D eigenvalue weighted by atomic mass is 9.94. The zero-order chi connectivity index (χ0) is 18.3. The van der Waals surface area contributed by atoms with Crippen molar-refractivity contribution in [3.05, 3.63) is 35.9 Å². The van der Waals surface area contributed by atoms with Crippen LogP contribution in [0.5, 0.6) is 0 Å². The van der Waals surface area contributed by atoms with Crippen molar-refractivity contribution in [3.63, 3.8) is 0 Å². The third-order valence-electron chi connectivity index (χ3n) is 6.79. The summed E-state index contributed by atoms with van der Waals surface area (Å²) in [4.78, 5) is 12.7. The van der Waals surface area contributed by atoms with Gasteiger partial charge in [0.25, 0.3) is 0 Å². The second-order valence-corrected chi connectivity index (χ2v) is 8.30. The number of nitrogens with zero attached hydrogens (tertiary/aromatic N) is 1. The molecule has 3 saturated heterocycles. The van der Waals surface area contributed by atoms with E-state index in [0.29, 0.717) is 24.3 Å². The molecule has 3 heterocycles. The van der Waals surface area contributed by atoms with Gasteiger partial charge >= 0.3 is 5.97 Å². The Balaban J connectivity index is 0.00000210. The summed E-state index contributed by atoms with van der Waals surface area (Å²) in [5, 5.41) is 9.70. The van der Waals surface area contributed by atoms with Crippen molar-refractivity contribution in [2.24, 2.45) is 0 Å². The maximum atomic E-state index is 12.7. The Morgan fingerprint density at radius 1 is 1.26 bits per heavy atom. The molecule has 3 fully saturated rings. The van der Waals surface area contributed by atoms with Crippen LogP contribution < -0.4 is 17.0 Å². The average Bonchev–Trinajstić information content (AvgIpc) is 3.40. The number of quaternary nitrogens is 1. The van der Waals surface area contributed by atoms with Crippen LogP contribution in [0.3, 0.4) is 0 Å². The van der Waals surface area contributed by atoms with Gasteiger partial charge in [0.15, 0.2) is 0 Å². The number of unbranched alkanes of at least 4 members (excludes halogenated alkanes) is 1. The molecule has 2 unspecified atom stereocenters. The molecule has 1 N–H and O–H groups in total. The van der Waals surface area contributed by atoms with Crippen molar-refractivity contribution >= 4 is 5.97 Å². The predicted molar refractivity (Wildman–Crippen MR) is 97.6 cm³/mol. The van der Waals surface area contributed by atoms with Gasteiger partial charge in [0.1, 0.15) is 36.3 Å². The van der Waals surface area contributed by atoms with Gasteiger partial charge in [-0.15, -0.1) is 0 Å². The molecule has 1 aromatic carbocycles. The van der Waals surface area contributed by atoms with Gasteiger partial charge in [0, 0.05) is 12.8 Å². The van der Waals surface area contributed by atoms with Crippen molar-refractivity contribution in [1.29, 1.82) is 0 Å². The van der Waals surface area contributed by atoms with Crippen molar-refractivity contribution < 1.29 is 40.8 Å². The van der Waals surface area contributed by atoms with Crippen LogP contribution in [0, 0.1) is 0 Å². The molecule has 3 aliphatic heterocycles. The van der Waals surface area contributed by atoms with Gasteiger partial charge in [-0.3, -0.25) is 4.79 Å². The van der Waals surface area contributed by atoms with E-state index in [9.17, 15) is 9.90 Å². The largest absolute Gasteiger partial charge is 1.00 e. The van der Waals surface area contributed by atoms with E-state index in [1.165, 1.54) is 19.4 Å². The van der Waals surface area contributed by atoms with E-state index in [4.69, 9.17) is 9.47 Å². The lowest BCUT2D eigenvalue weighted by Gasteiger charge is -2.48. The molecule has 0 aliphatic carbocycles. The summed E-state index contributed by atoms with van der Waals surface area (Å²) in [5.74, 6) is -0.898. The molecule has 150 valence electrons. The first-order chi connectivity index (χ1) is 12.6. The van der Waals surface area contributed by atoms with Crippen LogP contribution in [0.2, 0.25) is 0 Å². The van der Waals surface area contributed by atoms with E-state index in [1.807, 2.05) is 30.3 Å². The standard InChI is InChI=1S/C21H30NO4.BrH/c1-3-4-10-22(2)17-11-15(12-18(22)20-19(17)26-20)25-21(24)16(13-23)14-8-6-5-7-9-14;/h5-9,15-20,23H,3-4,10-13H2,1-2H3;1H/q+1;/p-1/t15?,16-,17-,18+,19-,20+,22?;/m0./s1. The maximum absolute atomic E-state index is 12.7. The van der Waals surface area contributed by atoms with Gasteiger partial charge in [-0.05, 0) is 12.0 Å². The van der Waals surface area contributed by atoms with Gasteiger partial charge in [-0.1, -0.05) is 43.7 Å². The number of aliphatic hydroxyl groups is 1. The predicted octanol–water partition coefficient (Wildman–Crippen LogP) is -0.763. The zero-order valence-electron chi connectivity index (χ0n) is 16.1.